The summed E-state index contributed by atoms with van der Waals surface area (Å²) in [5, 5.41) is -0.0372. The number of rotatable bonds is 6. The molecule has 5 nitrogen and oxygen atoms in total. The SMILES string of the molecule is CN(CCOc1ccccc1)c1nc(-c2cccnc2)nc2cccc(C(F)(F)F)c12. The van der Waals surface area contributed by atoms with Crippen LogP contribution in [-0.4, -0.2) is 35.2 Å². The van der Waals surface area contributed by atoms with Crippen LogP contribution in [0.1, 0.15) is 5.56 Å². The molecule has 0 N–H and O–H groups in total. The molecule has 0 aliphatic rings. The van der Waals surface area contributed by atoms with Crippen LogP contribution in [0.5, 0.6) is 5.75 Å². The number of halogens is 3. The number of benzene rings is 2. The lowest BCUT2D eigenvalue weighted by Gasteiger charge is -2.22. The van der Waals surface area contributed by atoms with Crippen LogP contribution in [0.4, 0.5) is 19.0 Å². The molecule has 2 heterocycles. The van der Waals surface area contributed by atoms with E-state index in [2.05, 4.69) is 15.0 Å². The van der Waals surface area contributed by atoms with Crippen molar-refractivity contribution in [2.24, 2.45) is 0 Å². The third kappa shape index (κ3) is 4.58. The van der Waals surface area contributed by atoms with E-state index in [1.54, 1.807) is 42.5 Å². The summed E-state index contributed by atoms with van der Waals surface area (Å²) in [6.07, 6.45) is -1.34. The van der Waals surface area contributed by atoms with Crippen molar-refractivity contribution in [1.82, 2.24) is 15.0 Å². The largest absolute Gasteiger partial charge is 0.492 e. The van der Waals surface area contributed by atoms with Gasteiger partial charge in [-0.2, -0.15) is 13.2 Å². The van der Waals surface area contributed by atoms with Crippen LogP contribution in [0.2, 0.25) is 0 Å². The summed E-state index contributed by atoms with van der Waals surface area (Å²) in [4.78, 5) is 14.6. The normalized spacial score (nSPS) is 11.5. The molecule has 0 radical (unpaired) electrons. The molecule has 0 spiro atoms. The first-order chi connectivity index (χ1) is 14.9. The summed E-state index contributed by atoms with van der Waals surface area (Å²) in [6.45, 7) is 0.613. The maximum Gasteiger partial charge on any atom is 0.417 e. The summed E-state index contributed by atoms with van der Waals surface area (Å²) in [5.41, 5.74) is 0.0695. The molecule has 0 unspecified atom stereocenters. The minimum Gasteiger partial charge on any atom is -0.492 e. The highest BCUT2D eigenvalue weighted by Crippen LogP contribution is 2.38. The van der Waals surface area contributed by atoms with E-state index >= 15 is 0 Å². The molecule has 8 heteroatoms. The lowest BCUT2D eigenvalue weighted by molar-refractivity contribution is -0.136. The van der Waals surface area contributed by atoms with E-state index in [1.807, 2.05) is 30.3 Å². The Hall–Kier alpha value is -3.68. The average molecular weight is 424 g/mol. The second kappa shape index (κ2) is 8.59. The van der Waals surface area contributed by atoms with Crippen molar-refractivity contribution in [2.45, 2.75) is 6.18 Å². The molecule has 4 aromatic rings. The van der Waals surface area contributed by atoms with Crippen molar-refractivity contribution < 1.29 is 17.9 Å². The third-order valence-electron chi connectivity index (χ3n) is 4.73. The summed E-state index contributed by atoms with van der Waals surface area (Å²) < 4.78 is 47.0. The van der Waals surface area contributed by atoms with E-state index in [9.17, 15) is 13.2 Å². The summed E-state index contributed by atoms with van der Waals surface area (Å²) in [5.74, 6) is 1.19. The first-order valence-corrected chi connectivity index (χ1v) is 9.61. The van der Waals surface area contributed by atoms with E-state index in [0.717, 1.165) is 6.07 Å². The summed E-state index contributed by atoms with van der Waals surface area (Å²) >= 11 is 0. The first kappa shape index (κ1) is 20.6. The molecule has 158 valence electrons. The van der Waals surface area contributed by atoms with Gasteiger partial charge < -0.3 is 9.64 Å². The maximum absolute atomic E-state index is 13.7. The first-order valence-electron chi connectivity index (χ1n) is 9.61. The molecule has 0 fully saturated rings. The zero-order valence-corrected chi connectivity index (χ0v) is 16.7. The number of alkyl halides is 3. The number of para-hydroxylation sites is 1. The van der Waals surface area contributed by atoms with Crippen molar-refractivity contribution in [2.75, 3.05) is 25.1 Å². The summed E-state index contributed by atoms with van der Waals surface area (Å²) in [6, 6.07) is 16.7. The quantitative estimate of drug-likeness (QED) is 0.425. The van der Waals surface area contributed by atoms with Gasteiger partial charge in [0.2, 0.25) is 0 Å². The number of pyridine rings is 1. The van der Waals surface area contributed by atoms with Gasteiger partial charge in [0.15, 0.2) is 5.82 Å². The molecule has 0 bridgehead atoms. The molecule has 2 aromatic heterocycles. The zero-order valence-electron chi connectivity index (χ0n) is 16.7. The molecule has 0 amide bonds. The van der Waals surface area contributed by atoms with Crippen LogP contribution in [0.3, 0.4) is 0 Å². The van der Waals surface area contributed by atoms with E-state index in [4.69, 9.17) is 4.74 Å². The number of aromatic nitrogens is 3. The van der Waals surface area contributed by atoms with Gasteiger partial charge in [-0.1, -0.05) is 24.3 Å². The van der Waals surface area contributed by atoms with Crippen molar-refractivity contribution >= 4 is 16.7 Å². The van der Waals surface area contributed by atoms with Gasteiger partial charge in [-0.3, -0.25) is 4.98 Å². The Balaban J connectivity index is 1.75. The molecule has 0 aliphatic carbocycles. The zero-order chi connectivity index (χ0) is 21.8. The Morgan fingerprint density at radius 3 is 2.45 bits per heavy atom. The Morgan fingerprint density at radius 2 is 1.74 bits per heavy atom. The lowest BCUT2D eigenvalue weighted by Crippen LogP contribution is -2.26. The topological polar surface area (TPSA) is 51.1 Å². The molecule has 0 saturated carbocycles. The molecular weight excluding hydrogens is 405 g/mol. The fourth-order valence-corrected chi connectivity index (χ4v) is 3.22. The number of hydrogen-bond acceptors (Lipinski definition) is 5. The van der Waals surface area contributed by atoms with Gasteiger partial charge in [0.05, 0.1) is 23.0 Å². The monoisotopic (exact) mass is 424 g/mol. The van der Waals surface area contributed by atoms with Crippen molar-refractivity contribution in [3.63, 3.8) is 0 Å². The van der Waals surface area contributed by atoms with Crippen molar-refractivity contribution in [1.29, 1.82) is 0 Å². The van der Waals surface area contributed by atoms with E-state index in [-0.39, 0.29) is 23.3 Å². The van der Waals surface area contributed by atoms with Crippen LogP contribution in [0, 0.1) is 0 Å². The van der Waals surface area contributed by atoms with Gasteiger partial charge >= 0.3 is 6.18 Å². The maximum atomic E-state index is 13.7. The number of likely N-dealkylation sites (N-methyl/N-ethyl adjacent to an activating group) is 1. The highest BCUT2D eigenvalue weighted by atomic mass is 19.4. The van der Waals surface area contributed by atoms with Crippen LogP contribution in [0.15, 0.2) is 73.1 Å². The Kier molecular flexibility index (Phi) is 5.70. The molecular formula is C23H19F3N4O. The number of nitrogens with zero attached hydrogens (tertiary/aromatic N) is 4. The molecule has 31 heavy (non-hydrogen) atoms. The standard InChI is InChI=1S/C23H19F3N4O/c1-30(13-14-31-17-8-3-2-4-9-17)22-20-18(23(24,25)26)10-5-11-19(20)28-21(29-22)16-7-6-12-27-15-16/h2-12,15H,13-14H2,1H3. The fraction of sp³-hybridized carbons (Fsp3) is 0.174. The minimum absolute atomic E-state index is 0.0372. The Morgan fingerprint density at radius 1 is 0.935 bits per heavy atom. The number of hydrogen-bond donors (Lipinski definition) is 0. The molecule has 4 rings (SSSR count). The van der Waals surface area contributed by atoms with E-state index in [1.165, 1.54) is 6.07 Å². The molecule has 0 atom stereocenters. The number of fused-ring (bicyclic) bond motifs is 1. The number of ether oxygens (including phenoxy) is 1. The van der Waals surface area contributed by atoms with Gasteiger partial charge in [-0.05, 0) is 36.4 Å². The van der Waals surface area contributed by atoms with Crippen LogP contribution in [0.25, 0.3) is 22.3 Å². The summed E-state index contributed by atoms with van der Waals surface area (Å²) in [7, 11) is 1.69. The highest BCUT2D eigenvalue weighted by molar-refractivity contribution is 5.94. The number of anilines is 1. The molecule has 0 saturated heterocycles. The third-order valence-corrected chi connectivity index (χ3v) is 4.73. The second-order valence-corrected chi connectivity index (χ2v) is 6.89. The van der Waals surface area contributed by atoms with Gasteiger partial charge in [0, 0.05) is 25.0 Å². The van der Waals surface area contributed by atoms with Crippen LogP contribution < -0.4 is 9.64 Å². The smallest absolute Gasteiger partial charge is 0.417 e. The van der Waals surface area contributed by atoms with Crippen LogP contribution >= 0.6 is 0 Å². The predicted octanol–water partition coefficient (Wildman–Crippen LogP) is 5.23. The van der Waals surface area contributed by atoms with Crippen LogP contribution in [-0.2, 0) is 6.18 Å². The second-order valence-electron chi connectivity index (χ2n) is 6.89. The van der Waals surface area contributed by atoms with Gasteiger partial charge in [-0.15, -0.1) is 0 Å². The molecule has 2 aromatic carbocycles. The Bertz CT molecular complexity index is 1170. The highest BCUT2D eigenvalue weighted by Gasteiger charge is 2.34. The van der Waals surface area contributed by atoms with Gasteiger partial charge in [0.1, 0.15) is 18.2 Å². The van der Waals surface area contributed by atoms with Gasteiger partial charge in [-0.25, -0.2) is 9.97 Å². The Labute approximate surface area is 177 Å². The lowest BCUT2D eigenvalue weighted by atomic mass is 10.1. The van der Waals surface area contributed by atoms with Crippen molar-refractivity contribution in [3.05, 3.63) is 78.6 Å². The molecule has 0 aliphatic heterocycles. The average Bonchev–Trinajstić information content (AvgIpc) is 2.78. The minimum atomic E-state index is -4.53. The van der Waals surface area contributed by atoms with E-state index in [0.29, 0.717) is 23.7 Å². The predicted molar refractivity (Wildman–Crippen MR) is 113 cm³/mol. The van der Waals surface area contributed by atoms with Crippen molar-refractivity contribution in [3.8, 4) is 17.1 Å². The fourth-order valence-electron chi connectivity index (χ4n) is 3.22. The van der Waals surface area contributed by atoms with Gasteiger partial charge in [0.25, 0.3) is 0 Å². The van der Waals surface area contributed by atoms with E-state index < -0.39 is 11.7 Å².